The van der Waals surface area contributed by atoms with Crippen LogP contribution < -0.4 is 0 Å². The molecule has 2 atom stereocenters. The van der Waals surface area contributed by atoms with E-state index in [4.69, 9.17) is 14.2 Å². The molecule has 0 saturated heterocycles. The number of unbranched alkanes of at least 4 members (excludes halogenated alkanes) is 35. The van der Waals surface area contributed by atoms with Crippen LogP contribution in [0.25, 0.3) is 0 Å². The molecule has 0 radical (unpaired) electrons. The highest BCUT2D eigenvalue weighted by Gasteiger charge is 2.19. The van der Waals surface area contributed by atoms with Crippen molar-refractivity contribution in [2.75, 3.05) is 13.2 Å². The van der Waals surface area contributed by atoms with E-state index in [0.29, 0.717) is 19.3 Å². The molecule has 0 amide bonds. The molecule has 392 valence electrons. The van der Waals surface area contributed by atoms with E-state index >= 15 is 0 Å². The Hall–Kier alpha value is -1.59. The van der Waals surface area contributed by atoms with Crippen LogP contribution in [0.4, 0.5) is 0 Å². The fourth-order valence-electron chi connectivity index (χ4n) is 9.14. The number of rotatable bonds is 53. The van der Waals surface area contributed by atoms with E-state index in [9.17, 15) is 14.4 Å². The standard InChI is InChI=1S/C60H116O6/c1-7-56(6)48-42-36-29-25-21-17-12-10-8-9-11-13-19-23-27-31-39-45-51-60(63)66-57(53-65-59(62)50-44-38-33-32-35-41-47-55(4)5)52-64-58(61)49-43-37-30-26-22-18-15-14-16-20-24-28-34-40-46-54(2)3/h54-57H,7-53H2,1-6H3/t56?,57-/m0/s1. The van der Waals surface area contributed by atoms with Crippen molar-refractivity contribution in [2.45, 2.75) is 337 Å². The van der Waals surface area contributed by atoms with Gasteiger partial charge in [0.25, 0.3) is 0 Å². The first-order valence-corrected chi connectivity index (χ1v) is 29.6. The molecule has 66 heavy (non-hydrogen) atoms. The summed E-state index contributed by atoms with van der Waals surface area (Å²) in [6.07, 6.45) is 54.0. The Labute approximate surface area is 412 Å². The smallest absolute Gasteiger partial charge is 0.306 e. The number of hydrogen-bond acceptors (Lipinski definition) is 6. The summed E-state index contributed by atoms with van der Waals surface area (Å²) in [6, 6.07) is 0. The van der Waals surface area contributed by atoms with Crippen molar-refractivity contribution < 1.29 is 28.6 Å². The average molecular weight is 934 g/mol. The molecule has 1 unspecified atom stereocenters. The van der Waals surface area contributed by atoms with Gasteiger partial charge in [0, 0.05) is 19.3 Å². The zero-order chi connectivity index (χ0) is 48.4. The lowest BCUT2D eigenvalue weighted by Crippen LogP contribution is -2.30. The summed E-state index contributed by atoms with van der Waals surface area (Å²) in [5.74, 6) is 1.67. The van der Waals surface area contributed by atoms with Gasteiger partial charge in [0.2, 0.25) is 0 Å². The highest BCUT2D eigenvalue weighted by atomic mass is 16.6. The van der Waals surface area contributed by atoms with Crippen molar-refractivity contribution in [3.05, 3.63) is 0 Å². The summed E-state index contributed by atoms with van der Waals surface area (Å²) in [6.45, 7) is 13.7. The zero-order valence-electron chi connectivity index (χ0n) is 45.5. The van der Waals surface area contributed by atoms with Crippen LogP contribution in [0.1, 0.15) is 330 Å². The minimum atomic E-state index is -0.764. The predicted octanol–water partition coefficient (Wildman–Crippen LogP) is 19.5. The van der Waals surface area contributed by atoms with Crippen LogP contribution >= 0.6 is 0 Å². The molecule has 0 bridgehead atoms. The summed E-state index contributed by atoms with van der Waals surface area (Å²) in [5.41, 5.74) is 0. The molecule has 6 nitrogen and oxygen atoms in total. The molecular formula is C60H116O6. The van der Waals surface area contributed by atoms with Crippen molar-refractivity contribution in [2.24, 2.45) is 17.8 Å². The summed E-state index contributed by atoms with van der Waals surface area (Å²) >= 11 is 0. The number of carbonyl (C=O) groups excluding carboxylic acids is 3. The first kappa shape index (κ1) is 64.4. The Kier molecular flexibility index (Phi) is 50.0. The second-order valence-corrected chi connectivity index (χ2v) is 21.8. The molecule has 0 aromatic heterocycles. The van der Waals surface area contributed by atoms with Gasteiger partial charge in [0.15, 0.2) is 6.10 Å². The maximum atomic E-state index is 12.9. The first-order valence-electron chi connectivity index (χ1n) is 29.6. The third-order valence-corrected chi connectivity index (χ3v) is 14.0. The Morgan fingerprint density at radius 2 is 0.530 bits per heavy atom. The van der Waals surface area contributed by atoms with Gasteiger partial charge >= 0.3 is 17.9 Å². The van der Waals surface area contributed by atoms with E-state index in [1.54, 1.807) is 0 Å². The van der Waals surface area contributed by atoms with Gasteiger partial charge in [-0.15, -0.1) is 0 Å². The van der Waals surface area contributed by atoms with E-state index in [1.165, 1.54) is 212 Å². The Bertz CT molecular complexity index is 1020. The van der Waals surface area contributed by atoms with Crippen LogP contribution in [0, 0.1) is 17.8 Å². The van der Waals surface area contributed by atoms with Gasteiger partial charge in [-0.25, -0.2) is 0 Å². The lowest BCUT2D eigenvalue weighted by molar-refractivity contribution is -0.167. The summed E-state index contributed by atoms with van der Waals surface area (Å²) < 4.78 is 16.9. The largest absolute Gasteiger partial charge is 0.462 e. The van der Waals surface area contributed by atoms with Crippen LogP contribution in [0.5, 0.6) is 0 Å². The van der Waals surface area contributed by atoms with Gasteiger partial charge in [-0.2, -0.15) is 0 Å². The van der Waals surface area contributed by atoms with Gasteiger partial charge in [0.05, 0.1) is 0 Å². The van der Waals surface area contributed by atoms with Crippen molar-refractivity contribution in [1.29, 1.82) is 0 Å². The minimum Gasteiger partial charge on any atom is -0.462 e. The number of ether oxygens (including phenoxy) is 3. The fraction of sp³-hybridized carbons (Fsp3) is 0.950. The molecule has 0 rings (SSSR count). The summed E-state index contributed by atoms with van der Waals surface area (Å²) in [5, 5.41) is 0. The van der Waals surface area contributed by atoms with Gasteiger partial charge in [-0.3, -0.25) is 14.4 Å². The highest BCUT2D eigenvalue weighted by molar-refractivity contribution is 5.71. The zero-order valence-corrected chi connectivity index (χ0v) is 45.5. The van der Waals surface area contributed by atoms with E-state index in [-0.39, 0.29) is 31.1 Å². The molecule has 0 aromatic carbocycles. The molecule has 0 heterocycles. The fourth-order valence-corrected chi connectivity index (χ4v) is 9.14. The van der Waals surface area contributed by atoms with Crippen molar-refractivity contribution in [3.8, 4) is 0 Å². The van der Waals surface area contributed by atoms with Crippen LogP contribution in [-0.2, 0) is 28.6 Å². The first-order chi connectivity index (χ1) is 32.1. The van der Waals surface area contributed by atoms with Crippen LogP contribution in [-0.4, -0.2) is 37.2 Å². The molecule has 0 aliphatic rings. The van der Waals surface area contributed by atoms with E-state index in [0.717, 1.165) is 75.5 Å². The SMILES string of the molecule is CCC(C)CCCCCCCCCCCCCCCCCCCCC(=O)O[C@@H](COC(=O)CCCCCCCCCCCCCCCCC(C)C)COC(=O)CCCCCCCCC(C)C. The molecular weight excluding hydrogens is 817 g/mol. The minimum absolute atomic E-state index is 0.0643. The quantitative estimate of drug-likeness (QED) is 0.0343. The van der Waals surface area contributed by atoms with Crippen LogP contribution in [0.3, 0.4) is 0 Å². The molecule has 0 spiro atoms. The Morgan fingerprint density at radius 1 is 0.303 bits per heavy atom. The van der Waals surface area contributed by atoms with Gasteiger partial charge in [-0.1, -0.05) is 292 Å². The number of esters is 3. The maximum Gasteiger partial charge on any atom is 0.306 e. The molecule has 0 aliphatic heterocycles. The van der Waals surface area contributed by atoms with Crippen LogP contribution in [0.2, 0.25) is 0 Å². The third-order valence-electron chi connectivity index (χ3n) is 14.0. The number of hydrogen-bond donors (Lipinski definition) is 0. The normalized spacial score (nSPS) is 12.5. The van der Waals surface area contributed by atoms with Crippen molar-refractivity contribution >= 4 is 17.9 Å². The third kappa shape index (κ3) is 51.8. The molecule has 0 aliphatic carbocycles. The van der Waals surface area contributed by atoms with Crippen molar-refractivity contribution in [1.82, 2.24) is 0 Å². The Morgan fingerprint density at radius 3 is 0.788 bits per heavy atom. The Balaban J connectivity index is 4.19. The van der Waals surface area contributed by atoms with Gasteiger partial charge in [0.1, 0.15) is 13.2 Å². The van der Waals surface area contributed by atoms with E-state index in [2.05, 4.69) is 41.5 Å². The van der Waals surface area contributed by atoms with Gasteiger partial charge < -0.3 is 14.2 Å². The number of carbonyl (C=O) groups is 3. The van der Waals surface area contributed by atoms with Gasteiger partial charge in [-0.05, 0) is 37.0 Å². The monoisotopic (exact) mass is 933 g/mol. The lowest BCUT2D eigenvalue weighted by atomic mass is 9.99. The van der Waals surface area contributed by atoms with E-state index < -0.39 is 6.10 Å². The lowest BCUT2D eigenvalue weighted by Gasteiger charge is -2.18. The van der Waals surface area contributed by atoms with Crippen molar-refractivity contribution in [3.63, 3.8) is 0 Å². The molecule has 0 fully saturated rings. The van der Waals surface area contributed by atoms with E-state index in [1.807, 2.05) is 0 Å². The predicted molar refractivity (Wildman–Crippen MR) is 284 cm³/mol. The summed E-state index contributed by atoms with van der Waals surface area (Å²) in [4.78, 5) is 38.1. The second-order valence-electron chi connectivity index (χ2n) is 21.8. The molecule has 0 saturated carbocycles. The average Bonchev–Trinajstić information content (AvgIpc) is 3.29. The molecule has 0 aromatic rings. The second kappa shape index (κ2) is 51.3. The highest BCUT2D eigenvalue weighted by Crippen LogP contribution is 2.19. The molecule has 6 heteroatoms. The summed E-state index contributed by atoms with van der Waals surface area (Å²) in [7, 11) is 0. The van der Waals surface area contributed by atoms with Crippen LogP contribution in [0.15, 0.2) is 0 Å². The maximum absolute atomic E-state index is 12.9. The molecule has 0 N–H and O–H groups in total. The topological polar surface area (TPSA) is 78.9 Å².